The number of nitrogens with one attached hydrogen (secondary N) is 1. The first kappa shape index (κ1) is 15.0. The highest BCUT2D eigenvalue weighted by Gasteiger charge is 2.07. The fourth-order valence-corrected chi connectivity index (χ4v) is 1.79. The Hall–Kier alpha value is -1.09. The van der Waals surface area contributed by atoms with Gasteiger partial charge in [-0.15, -0.1) is 11.6 Å². The zero-order valence-electron chi connectivity index (χ0n) is 10.6. The fraction of sp³-hybridized carbons (Fsp3) is 0.500. The van der Waals surface area contributed by atoms with Gasteiger partial charge >= 0.3 is 0 Å². The summed E-state index contributed by atoms with van der Waals surface area (Å²) in [5.74, 6) is 0.639. The Morgan fingerprint density at radius 2 is 2.17 bits per heavy atom. The summed E-state index contributed by atoms with van der Waals surface area (Å²) in [7, 11) is 0. The SMILES string of the molecule is CC(CCl)CCCNC(=O)Cc1ccccc1F. The second kappa shape index (κ2) is 8.09. The van der Waals surface area contributed by atoms with E-state index in [1.54, 1.807) is 18.2 Å². The number of hydrogen-bond acceptors (Lipinski definition) is 1. The lowest BCUT2D eigenvalue weighted by molar-refractivity contribution is -0.120. The van der Waals surface area contributed by atoms with Crippen LogP contribution in [0.1, 0.15) is 25.3 Å². The van der Waals surface area contributed by atoms with Crippen molar-refractivity contribution in [1.82, 2.24) is 5.32 Å². The van der Waals surface area contributed by atoms with Crippen molar-refractivity contribution in [2.24, 2.45) is 5.92 Å². The number of alkyl halides is 1. The Kier molecular flexibility index (Phi) is 6.73. The minimum absolute atomic E-state index is 0.0950. The highest BCUT2D eigenvalue weighted by Crippen LogP contribution is 2.08. The summed E-state index contributed by atoms with van der Waals surface area (Å²) >= 11 is 5.69. The number of amides is 1. The standard InChI is InChI=1S/C14H19ClFNO/c1-11(10-15)5-4-8-17-14(18)9-12-6-2-3-7-13(12)16/h2-3,6-7,11H,4-5,8-10H2,1H3,(H,17,18). The van der Waals surface area contributed by atoms with E-state index < -0.39 is 0 Å². The molecule has 0 aliphatic rings. The molecule has 0 spiro atoms. The topological polar surface area (TPSA) is 29.1 Å². The third kappa shape index (κ3) is 5.50. The van der Waals surface area contributed by atoms with Gasteiger partial charge in [-0.2, -0.15) is 0 Å². The number of carbonyl (C=O) groups excluding carboxylic acids is 1. The van der Waals surface area contributed by atoms with Crippen molar-refractivity contribution < 1.29 is 9.18 Å². The summed E-state index contributed by atoms with van der Waals surface area (Å²) in [6, 6.07) is 6.34. The monoisotopic (exact) mass is 271 g/mol. The summed E-state index contributed by atoms with van der Waals surface area (Å²) in [4.78, 5) is 11.6. The van der Waals surface area contributed by atoms with Crippen LogP contribution in [0, 0.1) is 11.7 Å². The molecule has 0 fully saturated rings. The van der Waals surface area contributed by atoms with E-state index in [2.05, 4.69) is 12.2 Å². The fourth-order valence-electron chi connectivity index (χ4n) is 1.63. The first-order valence-corrected chi connectivity index (χ1v) is 6.73. The molecular weight excluding hydrogens is 253 g/mol. The van der Waals surface area contributed by atoms with E-state index in [-0.39, 0.29) is 18.1 Å². The van der Waals surface area contributed by atoms with E-state index in [9.17, 15) is 9.18 Å². The van der Waals surface area contributed by atoms with Crippen LogP contribution in [-0.2, 0) is 11.2 Å². The van der Waals surface area contributed by atoms with Gasteiger partial charge in [0.15, 0.2) is 0 Å². The third-order valence-corrected chi connectivity index (χ3v) is 3.29. The quantitative estimate of drug-likeness (QED) is 0.599. The van der Waals surface area contributed by atoms with Crippen LogP contribution in [0.3, 0.4) is 0 Å². The Morgan fingerprint density at radius 3 is 2.83 bits per heavy atom. The van der Waals surface area contributed by atoms with Crippen molar-refractivity contribution in [2.75, 3.05) is 12.4 Å². The van der Waals surface area contributed by atoms with E-state index >= 15 is 0 Å². The van der Waals surface area contributed by atoms with E-state index in [1.165, 1.54) is 6.07 Å². The van der Waals surface area contributed by atoms with Crippen LogP contribution in [0.5, 0.6) is 0 Å². The van der Waals surface area contributed by atoms with Crippen LogP contribution in [0.4, 0.5) is 4.39 Å². The van der Waals surface area contributed by atoms with Crippen LogP contribution < -0.4 is 5.32 Å². The molecule has 1 aromatic rings. The van der Waals surface area contributed by atoms with E-state index in [1.807, 2.05) is 0 Å². The van der Waals surface area contributed by atoms with Crippen molar-refractivity contribution in [3.63, 3.8) is 0 Å². The Balaban J connectivity index is 2.24. The number of carbonyl (C=O) groups is 1. The van der Waals surface area contributed by atoms with Crippen molar-refractivity contribution in [2.45, 2.75) is 26.2 Å². The lowest BCUT2D eigenvalue weighted by Gasteiger charge is -2.08. The van der Waals surface area contributed by atoms with Gasteiger partial charge in [-0.1, -0.05) is 25.1 Å². The Labute approximate surface area is 113 Å². The molecule has 4 heteroatoms. The molecule has 18 heavy (non-hydrogen) atoms. The van der Waals surface area contributed by atoms with Gasteiger partial charge in [0, 0.05) is 12.4 Å². The predicted octanol–water partition coefficient (Wildman–Crippen LogP) is 3.14. The number of benzene rings is 1. The molecule has 1 unspecified atom stereocenters. The molecule has 0 heterocycles. The molecule has 0 radical (unpaired) electrons. The lowest BCUT2D eigenvalue weighted by Crippen LogP contribution is -2.26. The van der Waals surface area contributed by atoms with Gasteiger partial charge in [-0.3, -0.25) is 4.79 Å². The minimum atomic E-state index is -0.330. The van der Waals surface area contributed by atoms with Crippen molar-refractivity contribution in [3.8, 4) is 0 Å². The molecule has 1 N–H and O–H groups in total. The number of rotatable bonds is 7. The molecule has 0 aliphatic heterocycles. The van der Waals surface area contributed by atoms with Crippen LogP contribution >= 0.6 is 11.6 Å². The molecule has 0 aliphatic carbocycles. The Morgan fingerprint density at radius 1 is 1.44 bits per heavy atom. The summed E-state index contributed by atoms with van der Waals surface area (Å²) < 4.78 is 13.3. The lowest BCUT2D eigenvalue weighted by atomic mass is 10.1. The van der Waals surface area contributed by atoms with Gasteiger partial charge in [0.05, 0.1) is 6.42 Å². The molecule has 1 aromatic carbocycles. The van der Waals surface area contributed by atoms with Crippen LogP contribution in [0.25, 0.3) is 0 Å². The molecular formula is C14H19ClFNO. The van der Waals surface area contributed by atoms with Crippen molar-refractivity contribution >= 4 is 17.5 Å². The molecule has 1 amide bonds. The molecule has 1 rings (SSSR count). The first-order chi connectivity index (χ1) is 8.63. The summed E-state index contributed by atoms with van der Waals surface area (Å²) in [5.41, 5.74) is 0.434. The van der Waals surface area contributed by atoms with Crippen LogP contribution in [0.15, 0.2) is 24.3 Å². The van der Waals surface area contributed by atoms with Gasteiger partial charge in [0.25, 0.3) is 0 Å². The number of hydrogen-bond donors (Lipinski definition) is 1. The van der Waals surface area contributed by atoms with E-state index in [0.29, 0.717) is 23.9 Å². The van der Waals surface area contributed by atoms with E-state index in [0.717, 1.165) is 12.8 Å². The van der Waals surface area contributed by atoms with Gasteiger partial charge in [0.1, 0.15) is 5.82 Å². The summed E-state index contributed by atoms with van der Waals surface area (Å²) in [5, 5.41) is 2.79. The zero-order valence-corrected chi connectivity index (χ0v) is 11.3. The molecule has 0 saturated heterocycles. The van der Waals surface area contributed by atoms with Gasteiger partial charge < -0.3 is 5.32 Å². The first-order valence-electron chi connectivity index (χ1n) is 6.19. The molecule has 1 atom stereocenters. The maximum absolute atomic E-state index is 13.3. The zero-order chi connectivity index (χ0) is 13.4. The molecule has 0 bridgehead atoms. The van der Waals surface area contributed by atoms with Gasteiger partial charge in [-0.05, 0) is 30.4 Å². The predicted molar refractivity (Wildman–Crippen MR) is 72.2 cm³/mol. The second-order valence-electron chi connectivity index (χ2n) is 4.52. The van der Waals surface area contributed by atoms with Crippen LogP contribution in [0.2, 0.25) is 0 Å². The molecule has 2 nitrogen and oxygen atoms in total. The molecule has 100 valence electrons. The summed E-state index contributed by atoms with van der Waals surface area (Å²) in [6.07, 6.45) is 1.98. The summed E-state index contributed by atoms with van der Waals surface area (Å²) in [6.45, 7) is 2.70. The van der Waals surface area contributed by atoms with Gasteiger partial charge in [0.2, 0.25) is 5.91 Å². The number of halogens is 2. The largest absolute Gasteiger partial charge is 0.356 e. The van der Waals surface area contributed by atoms with E-state index in [4.69, 9.17) is 11.6 Å². The molecule has 0 aromatic heterocycles. The third-order valence-electron chi connectivity index (χ3n) is 2.77. The highest BCUT2D eigenvalue weighted by molar-refractivity contribution is 6.18. The highest BCUT2D eigenvalue weighted by atomic mass is 35.5. The minimum Gasteiger partial charge on any atom is -0.356 e. The Bertz CT molecular complexity index is 384. The molecule has 0 saturated carbocycles. The van der Waals surface area contributed by atoms with Crippen molar-refractivity contribution in [3.05, 3.63) is 35.6 Å². The van der Waals surface area contributed by atoms with Gasteiger partial charge in [-0.25, -0.2) is 4.39 Å². The maximum atomic E-state index is 13.3. The normalized spacial score (nSPS) is 12.2. The average Bonchev–Trinajstić information content (AvgIpc) is 2.37. The maximum Gasteiger partial charge on any atom is 0.224 e. The smallest absolute Gasteiger partial charge is 0.224 e. The van der Waals surface area contributed by atoms with Crippen LogP contribution in [-0.4, -0.2) is 18.3 Å². The average molecular weight is 272 g/mol. The van der Waals surface area contributed by atoms with Crippen molar-refractivity contribution in [1.29, 1.82) is 0 Å². The second-order valence-corrected chi connectivity index (χ2v) is 4.83.